The van der Waals surface area contributed by atoms with Gasteiger partial charge < -0.3 is 56.8 Å². The monoisotopic (exact) mass is 2190 g/mol. The maximum atomic E-state index is 14.0. The van der Waals surface area contributed by atoms with Gasteiger partial charge in [0.05, 0.1) is 49.5 Å². The second-order valence-corrected chi connectivity index (χ2v) is 33.7. The molecule has 0 aromatic heterocycles. The number of halogens is 16. The van der Waals surface area contributed by atoms with E-state index in [-0.39, 0.29) is 187 Å². The molecule has 0 unspecified atom stereocenters. The van der Waals surface area contributed by atoms with Crippen LogP contribution in [0.1, 0.15) is 224 Å². The highest BCUT2D eigenvalue weighted by Gasteiger charge is 2.26. The summed E-state index contributed by atoms with van der Waals surface area (Å²) in [6.45, 7) is 22.0. The molecule has 0 saturated carbocycles. The van der Waals surface area contributed by atoms with E-state index in [1.54, 1.807) is 204 Å². The summed E-state index contributed by atoms with van der Waals surface area (Å²) in [6.07, 6.45) is -14.5. The summed E-state index contributed by atoms with van der Waals surface area (Å²) < 4.78 is 238. The van der Waals surface area contributed by atoms with Gasteiger partial charge in [0.25, 0.3) is 38.6 Å². The van der Waals surface area contributed by atoms with Crippen LogP contribution >= 0.6 is 50.1 Å². The molecule has 143 heavy (non-hydrogen) atoms. The number of alkyl halides is 12. The Morgan fingerprint density at radius 1 is 0.273 bits per heavy atom. The Balaban J connectivity index is 0.000000233. The first-order valence-electron chi connectivity index (χ1n) is 44.7. The summed E-state index contributed by atoms with van der Waals surface area (Å²) in [5.41, 5.74) is 7.11. The van der Waals surface area contributed by atoms with Crippen LogP contribution in [0.25, 0.3) is 0 Å². The van der Waals surface area contributed by atoms with Crippen LogP contribution in [0.3, 0.4) is 0 Å². The largest absolute Gasteiger partial charge is 0.488 e. The summed E-state index contributed by atoms with van der Waals surface area (Å²) in [6, 6.07) is 58.9. The molecule has 12 rings (SSSR count). The minimum absolute atomic E-state index is 0.0000846. The van der Waals surface area contributed by atoms with Crippen LogP contribution in [0, 0.1) is 57.9 Å². The number of hydrogen-bond donors (Lipinski definition) is 0. The average Bonchev–Trinajstić information content (AvgIpc) is 0.833. The number of benzene rings is 12. The van der Waals surface area contributed by atoms with E-state index in [4.69, 9.17) is 68.4 Å². The maximum absolute atomic E-state index is 14.0. The molecule has 0 amide bonds. The van der Waals surface area contributed by atoms with E-state index in [0.29, 0.717) is 71.4 Å². The van der Waals surface area contributed by atoms with Gasteiger partial charge in [0.2, 0.25) is 0 Å². The van der Waals surface area contributed by atoms with Crippen molar-refractivity contribution < 1.29 is 143 Å². The van der Waals surface area contributed by atoms with Crippen LogP contribution in [-0.4, -0.2) is 35.8 Å². The standard InChI is InChI=1S/C19H20F2O3.C18H17BrF2O3.C18H17ClF2O3.C18H17F3O3.C18H17F2IO3.C18H18F2O3/c1-4-18(22)24-17-7-5-6-13(3)15(17)11-23-16-9-8-12(2)10-14(16)19(20)21;3*1-3-17(22)24-16-6-4-5-14(19)13(16)10-23-15-8-7-11(2)9-12(15)18(20)21;1-3-17(22)24-16-6-4-5-14(21)13(16)10-23-15-8-7-11(2)9-12(15)18(19)20;1-3-17(21)23-15-7-5-4-6-13(15)11-22-16-9-8-12(2)10-14(16)18(19)20/h5-10,19H,4,11H2,1-3H3;4*4-9,18H,3,10H2,1-2H3;4-10,18H,3,11H2,1-2H3. The molecule has 762 valence electrons. The molecule has 0 aliphatic carbocycles. The molecule has 0 atom stereocenters. The van der Waals surface area contributed by atoms with Crippen LogP contribution in [0.5, 0.6) is 69.0 Å². The molecule has 0 aliphatic heterocycles. The molecule has 0 heterocycles. The van der Waals surface area contributed by atoms with Crippen molar-refractivity contribution in [1.29, 1.82) is 0 Å². The third kappa shape index (κ3) is 37.3. The third-order valence-electron chi connectivity index (χ3n) is 20.4. The molecule has 18 nitrogen and oxygen atoms in total. The zero-order valence-electron chi connectivity index (χ0n) is 80.2. The van der Waals surface area contributed by atoms with Gasteiger partial charge in [-0.3, -0.25) is 28.8 Å². The van der Waals surface area contributed by atoms with Gasteiger partial charge in [0.15, 0.2) is 0 Å². The molecule has 0 fully saturated rings. The second-order valence-electron chi connectivity index (χ2n) is 31.3. The Morgan fingerprint density at radius 2 is 0.517 bits per heavy atom. The van der Waals surface area contributed by atoms with Crippen LogP contribution in [-0.2, 0) is 68.4 Å². The van der Waals surface area contributed by atoms with Gasteiger partial charge in [-0.05, 0) is 210 Å². The van der Waals surface area contributed by atoms with E-state index in [9.17, 15) is 85.8 Å². The van der Waals surface area contributed by atoms with E-state index in [2.05, 4.69) is 38.5 Å². The van der Waals surface area contributed by atoms with Gasteiger partial charge in [0, 0.05) is 68.8 Å². The number of carbonyl (C=O) groups excluding carboxylic acids is 6. The Bertz CT molecular complexity index is 5540. The summed E-state index contributed by atoms with van der Waals surface area (Å²) in [5.74, 6) is -0.696. The van der Waals surface area contributed by atoms with Crippen molar-refractivity contribution in [3.8, 4) is 69.0 Å². The van der Waals surface area contributed by atoms with E-state index in [0.717, 1.165) is 31.4 Å². The molecular weight excluding hydrogens is 2090 g/mol. The van der Waals surface area contributed by atoms with Gasteiger partial charge in [0.1, 0.15) is 114 Å². The van der Waals surface area contributed by atoms with Gasteiger partial charge in [-0.15, -0.1) is 0 Å². The van der Waals surface area contributed by atoms with Gasteiger partial charge >= 0.3 is 35.8 Å². The van der Waals surface area contributed by atoms with Crippen LogP contribution < -0.4 is 56.8 Å². The average molecular weight is 2190 g/mol. The number of para-hydroxylation sites is 1. The zero-order chi connectivity index (χ0) is 105. The molecule has 0 bridgehead atoms. The van der Waals surface area contributed by atoms with Crippen LogP contribution in [0.2, 0.25) is 5.02 Å². The molecule has 0 saturated heterocycles. The van der Waals surface area contributed by atoms with Crippen molar-refractivity contribution >= 4 is 85.9 Å². The lowest BCUT2D eigenvalue weighted by molar-refractivity contribution is -0.135. The molecule has 12 aromatic rings. The van der Waals surface area contributed by atoms with Gasteiger partial charge in [-0.2, -0.15) is 0 Å². The van der Waals surface area contributed by atoms with Crippen LogP contribution in [0.4, 0.5) is 57.1 Å². The fraction of sp³-hybridized carbons (Fsp3) is 0.284. The molecule has 12 aromatic carbocycles. The maximum Gasteiger partial charge on any atom is 0.310 e. The molecule has 0 N–H and O–H groups in total. The Kier molecular flexibility index (Phi) is 48.2. The predicted molar refractivity (Wildman–Crippen MR) is 527 cm³/mol. The van der Waals surface area contributed by atoms with Crippen molar-refractivity contribution in [3.05, 3.63) is 349 Å². The van der Waals surface area contributed by atoms with Gasteiger partial charge in [-0.25, -0.2) is 57.1 Å². The Morgan fingerprint density at radius 3 is 0.860 bits per heavy atom. The third-order valence-corrected chi connectivity index (χ3v) is 22.5. The summed E-state index contributed by atoms with van der Waals surface area (Å²) in [7, 11) is 0. The highest BCUT2D eigenvalue weighted by Crippen LogP contribution is 2.41. The molecular formula is C109H106BrClF13IO18. The Hall–Kier alpha value is -13.2. The topological polar surface area (TPSA) is 213 Å². The lowest BCUT2D eigenvalue weighted by atomic mass is 10.1. The molecule has 0 spiro atoms. The number of ether oxygens (including phenoxy) is 12. The number of aryl methyl sites for hydroxylation is 7. The van der Waals surface area contributed by atoms with Crippen LogP contribution in [0.15, 0.2) is 229 Å². The number of rotatable bonds is 36. The van der Waals surface area contributed by atoms with Crippen molar-refractivity contribution in [3.63, 3.8) is 0 Å². The summed E-state index contributed by atoms with van der Waals surface area (Å²) in [5, 5.41) is 0.335. The lowest BCUT2D eigenvalue weighted by Crippen LogP contribution is -2.10. The molecule has 0 radical (unpaired) electrons. The smallest absolute Gasteiger partial charge is 0.310 e. The zero-order valence-corrected chi connectivity index (χ0v) is 84.7. The first-order chi connectivity index (χ1) is 68.1. The van der Waals surface area contributed by atoms with Crippen molar-refractivity contribution in [2.24, 2.45) is 0 Å². The summed E-state index contributed by atoms with van der Waals surface area (Å²) >= 11 is 11.6. The fourth-order valence-corrected chi connectivity index (χ4v) is 14.0. The quantitative estimate of drug-likeness (QED) is 0.0154. The van der Waals surface area contributed by atoms with E-state index in [1.165, 1.54) is 91.0 Å². The number of carbonyl (C=O) groups is 6. The first-order valence-corrected chi connectivity index (χ1v) is 46.9. The van der Waals surface area contributed by atoms with E-state index in [1.807, 2.05) is 19.1 Å². The summed E-state index contributed by atoms with van der Waals surface area (Å²) in [4.78, 5) is 68.9. The minimum atomic E-state index is -2.71. The van der Waals surface area contributed by atoms with Crippen molar-refractivity contribution in [2.45, 2.75) is 207 Å². The number of esters is 6. The Labute approximate surface area is 848 Å². The van der Waals surface area contributed by atoms with Crippen molar-refractivity contribution in [1.82, 2.24) is 0 Å². The highest BCUT2D eigenvalue weighted by molar-refractivity contribution is 14.1. The van der Waals surface area contributed by atoms with Crippen molar-refractivity contribution in [2.75, 3.05) is 0 Å². The minimum Gasteiger partial charge on any atom is -0.488 e. The SMILES string of the molecule is CCC(=O)Oc1cccc(Br)c1COc1ccc(C)cc1C(F)F.CCC(=O)Oc1cccc(C)c1COc1ccc(C)cc1C(F)F.CCC(=O)Oc1cccc(Cl)c1COc1ccc(C)cc1C(F)F.CCC(=O)Oc1cccc(F)c1COc1ccc(C)cc1C(F)F.CCC(=O)Oc1cccc(I)c1COc1ccc(C)cc1C(F)F.CCC(=O)Oc1ccccc1COc1ccc(C)cc1C(F)F. The predicted octanol–water partition coefficient (Wildman–Crippen LogP) is 31.4. The van der Waals surface area contributed by atoms with Gasteiger partial charge in [-0.1, -0.05) is 193 Å². The molecule has 34 heteroatoms. The lowest BCUT2D eigenvalue weighted by Gasteiger charge is -2.15. The first kappa shape index (κ1) is 117. The fourth-order valence-electron chi connectivity index (χ4n) is 12.7. The van der Waals surface area contributed by atoms with E-state index < -0.39 is 56.3 Å². The molecule has 0 aliphatic rings. The number of hydrogen-bond acceptors (Lipinski definition) is 18. The highest BCUT2D eigenvalue weighted by atomic mass is 127. The van der Waals surface area contributed by atoms with E-state index >= 15 is 0 Å². The second kappa shape index (κ2) is 59.1. The normalized spacial score (nSPS) is 10.7.